The van der Waals surface area contributed by atoms with Crippen LogP contribution in [0.25, 0.3) is 17.0 Å². The molecule has 0 fully saturated rings. The lowest BCUT2D eigenvalue weighted by Crippen LogP contribution is -2.08. The molecule has 0 unspecified atom stereocenters. The van der Waals surface area contributed by atoms with E-state index < -0.39 is 0 Å². The molecule has 4 heteroatoms. The largest absolute Gasteiger partial charge is 0.495 e. The molecule has 0 bridgehead atoms. The number of carbonyl (C=O) groups excluding carboxylic acids is 1. The molecule has 1 aromatic heterocycles. The van der Waals surface area contributed by atoms with Crippen molar-refractivity contribution in [3.8, 4) is 5.75 Å². The van der Waals surface area contributed by atoms with E-state index in [0.29, 0.717) is 11.4 Å². The van der Waals surface area contributed by atoms with Crippen molar-refractivity contribution in [2.24, 2.45) is 0 Å². The van der Waals surface area contributed by atoms with Crippen LogP contribution in [0.5, 0.6) is 5.75 Å². The molecule has 0 aliphatic rings. The predicted molar refractivity (Wildman–Crippen MR) is 92.4 cm³/mol. The summed E-state index contributed by atoms with van der Waals surface area (Å²) >= 11 is 0. The molecular weight excluding hydrogens is 288 g/mol. The topological polar surface area (TPSA) is 51.2 Å². The molecule has 3 aromatic rings. The Balaban J connectivity index is 1.74. The molecule has 1 amide bonds. The van der Waals surface area contributed by atoms with Gasteiger partial charge in [-0.1, -0.05) is 36.4 Å². The average Bonchev–Trinajstić information content (AvgIpc) is 2.60. The summed E-state index contributed by atoms with van der Waals surface area (Å²) in [6.45, 7) is 0. The fourth-order valence-corrected chi connectivity index (χ4v) is 2.26. The molecule has 0 saturated heterocycles. The second kappa shape index (κ2) is 6.75. The number of nitrogens with zero attached hydrogens (tertiary/aromatic N) is 1. The van der Waals surface area contributed by atoms with Gasteiger partial charge in [0.2, 0.25) is 5.91 Å². The van der Waals surface area contributed by atoms with E-state index in [1.54, 1.807) is 25.3 Å². The van der Waals surface area contributed by atoms with Gasteiger partial charge in [0.1, 0.15) is 5.75 Å². The first-order chi connectivity index (χ1) is 11.3. The highest BCUT2D eigenvalue weighted by Gasteiger charge is 2.04. The maximum absolute atomic E-state index is 12.0. The van der Waals surface area contributed by atoms with E-state index in [1.807, 2.05) is 48.5 Å². The van der Waals surface area contributed by atoms with Crippen LogP contribution >= 0.6 is 0 Å². The molecule has 1 heterocycles. The Morgan fingerprint density at radius 1 is 1.04 bits per heavy atom. The zero-order chi connectivity index (χ0) is 16.1. The van der Waals surface area contributed by atoms with Gasteiger partial charge in [0.25, 0.3) is 0 Å². The Morgan fingerprint density at radius 2 is 1.83 bits per heavy atom. The van der Waals surface area contributed by atoms with E-state index in [9.17, 15) is 4.79 Å². The molecule has 0 aliphatic carbocycles. The van der Waals surface area contributed by atoms with E-state index in [1.165, 1.54) is 6.08 Å². The van der Waals surface area contributed by atoms with Crippen molar-refractivity contribution < 1.29 is 9.53 Å². The van der Waals surface area contributed by atoms with Gasteiger partial charge in [0.05, 0.1) is 24.0 Å². The highest BCUT2D eigenvalue weighted by molar-refractivity contribution is 6.02. The maximum Gasteiger partial charge on any atom is 0.248 e. The number of anilines is 1. The zero-order valence-electron chi connectivity index (χ0n) is 12.7. The van der Waals surface area contributed by atoms with Crippen LogP contribution in [0, 0.1) is 0 Å². The van der Waals surface area contributed by atoms with Crippen molar-refractivity contribution in [3.63, 3.8) is 0 Å². The molecule has 3 rings (SSSR count). The van der Waals surface area contributed by atoms with Crippen molar-refractivity contribution >= 4 is 28.6 Å². The number of ether oxygens (including phenoxy) is 1. The Hall–Kier alpha value is -3.14. The Morgan fingerprint density at radius 3 is 2.70 bits per heavy atom. The van der Waals surface area contributed by atoms with Crippen molar-refractivity contribution in [3.05, 3.63) is 72.4 Å². The van der Waals surface area contributed by atoms with E-state index >= 15 is 0 Å². The molecule has 1 N–H and O–H groups in total. The van der Waals surface area contributed by atoms with E-state index in [4.69, 9.17) is 4.74 Å². The summed E-state index contributed by atoms with van der Waals surface area (Å²) in [4.78, 5) is 16.5. The van der Waals surface area contributed by atoms with E-state index in [-0.39, 0.29) is 5.91 Å². The molecular formula is C19H16N2O2. The Labute approximate surface area is 134 Å². The number of amides is 1. The van der Waals surface area contributed by atoms with Crippen LogP contribution < -0.4 is 10.1 Å². The molecule has 0 atom stereocenters. The smallest absolute Gasteiger partial charge is 0.248 e. The van der Waals surface area contributed by atoms with Crippen LogP contribution in [-0.4, -0.2) is 18.0 Å². The molecule has 23 heavy (non-hydrogen) atoms. The van der Waals surface area contributed by atoms with Crippen molar-refractivity contribution in [2.75, 3.05) is 12.4 Å². The minimum Gasteiger partial charge on any atom is -0.495 e. The predicted octanol–water partition coefficient (Wildman–Crippen LogP) is 3.90. The fraction of sp³-hybridized carbons (Fsp3) is 0.0526. The standard InChI is InChI=1S/C19H16N2O2/c1-23-18-9-5-4-8-17(18)21-19(22)13-12-15-11-10-14-6-2-3-7-16(14)20-15/h2-13H,1H3,(H,21,22)/b13-12+. The molecule has 4 nitrogen and oxygen atoms in total. The molecule has 0 aliphatic heterocycles. The summed E-state index contributed by atoms with van der Waals surface area (Å²) in [6.07, 6.45) is 3.15. The highest BCUT2D eigenvalue weighted by Crippen LogP contribution is 2.22. The first-order valence-corrected chi connectivity index (χ1v) is 7.24. The van der Waals surface area contributed by atoms with Crippen LogP contribution in [0.15, 0.2) is 66.7 Å². The summed E-state index contributed by atoms with van der Waals surface area (Å²) in [6, 6.07) is 19.0. The number of fused-ring (bicyclic) bond motifs is 1. The minimum atomic E-state index is -0.232. The van der Waals surface area contributed by atoms with Gasteiger partial charge in [-0.15, -0.1) is 0 Å². The van der Waals surface area contributed by atoms with Crippen LogP contribution in [-0.2, 0) is 4.79 Å². The maximum atomic E-state index is 12.0. The third-order valence-corrected chi connectivity index (χ3v) is 3.39. The van der Waals surface area contributed by atoms with Gasteiger partial charge in [-0.2, -0.15) is 0 Å². The van der Waals surface area contributed by atoms with Gasteiger partial charge in [-0.05, 0) is 30.3 Å². The quantitative estimate of drug-likeness (QED) is 0.744. The van der Waals surface area contributed by atoms with Gasteiger partial charge in [0.15, 0.2) is 0 Å². The number of hydrogen-bond donors (Lipinski definition) is 1. The molecule has 0 spiro atoms. The average molecular weight is 304 g/mol. The van der Waals surface area contributed by atoms with Gasteiger partial charge < -0.3 is 10.1 Å². The van der Waals surface area contributed by atoms with Gasteiger partial charge in [-0.3, -0.25) is 4.79 Å². The number of rotatable bonds is 4. The number of benzene rings is 2. The second-order valence-corrected chi connectivity index (χ2v) is 4.95. The summed E-state index contributed by atoms with van der Waals surface area (Å²) in [5, 5.41) is 3.86. The first-order valence-electron chi connectivity index (χ1n) is 7.24. The second-order valence-electron chi connectivity index (χ2n) is 4.95. The third-order valence-electron chi connectivity index (χ3n) is 3.39. The monoisotopic (exact) mass is 304 g/mol. The molecule has 0 radical (unpaired) electrons. The number of carbonyl (C=O) groups is 1. The minimum absolute atomic E-state index is 0.232. The summed E-state index contributed by atoms with van der Waals surface area (Å²) in [5.41, 5.74) is 2.27. The van der Waals surface area contributed by atoms with E-state index in [0.717, 1.165) is 16.6 Å². The van der Waals surface area contributed by atoms with Gasteiger partial charge in [0, 0.05) is 11.5 Å². The number of hydrogen-bond acceptors (Lipinski definition) is 3. The lowest BCUT2D eigenvalue weighted by atomic mass is 10.2. The Kier molecular flexibility index (Phi) is 4.34. The first kappa shape index (κ1) is 14.8. The number of methoxy groups -OCH3 is 1. The number of pyridine rings is 1. The lowest BCUT2D eigenvalue weighted by molar-refractivity contribution is -0.111. The Bertz CT molecular complexity index is 872. The van der Waals surface area contributed by atoms with Gasteiger partial charge >= 0.3 is 0 Å². The SMILES string of the molecule is COc1ccccc1NC(=O)/C=C/c1ccc2ccccc2n1. The van der Waals surface area contributed by atoms with Crippen molar-refractivity contribution in [1.82, 2.24) is 4.98 Å². The van der Waals surface area contributed by atoms with Crippen LogP contribution in [0.1, 0.15) is 5.69 Å². The van der Waals surface area contributed by atoms with Crippen LogP contribution in [0.4, 0.5) is 5.69 Å². The van der Waals surface area contributed by atoms with Crippen molar-refractivity contribution in [1.29, 1.82) is 0 Å². The summed E-state index contributed by atoms with van der Waals surface area (Å²) in [5.74, 6) is 0.391. The van der Waals surface area contributed by atoms with Gasteiger partial charge in [-0.25, -0.2) is 4.98 Å². The fourth-order valence-electron chi connectivity index (χ4n) is 2.26. The molecule has 0 saturated carbocycles. The van der Waals surface area contributed by atoms with Crippen LogP contribution in [0.3, 0.4) is 0 Å². The lowest BCUT2D eigenvalue weighted by Gasteiger charge is -2.07. The number of para-hydroxylation sites is 3. The normalized spacial score (nSPS) is 10.8. The summed E-state index contributed by atoms with van der Waals surface area (Å²) in [7, 11) is 1.57. The van der Waals surface area contributed by atoms with Crippen molar-refractivity contribution in [2.45, 2.75) is 0 Å². The number of nitrogens with one attached hydrogen (secondary N) is 1. The highest BCUT2D eigenvalue weighted by atomic mass is 16.5. The zero-order valence-corrected chi connectivity index (χ0v) is 12.7. The third kappa shape index (κ3) is 3.55. The van der Waals surface area contributed by atoms with Crippen LogP contribution in [0.2, 0.25) is 0 Å². The van der Waals surface area contributed by atoms with E-state index in [2.05, 4.69) is 10.3 Å². The number of aromatic nitrogens is 1. The summed E-state index contributed by atoms with van der Waals surface area (Å²) < 4.78 is 5.21. The molecule has 114 valence electrons. The molecule has 2 aromatic carbocycles.